The van der Waals surface area contributed by atoms with Crippen molar-refractivity contribution in [2.75, 3.05) is 0 Å². The molecule has 0 aliphatic heterocycles. The Morgan fingerprint density at radius 1 is 1.58 bits per heavy atom. The molecular formula is C7H6IO3S-. The van der Waals surface area contributed by atoms with E-state index in [4.69, 9.17) is 5.11 Å². The average molecular weight is 297 g/mol. The fourth-order valence-corrected chi connectivity index (χ4v) is 2.08. The van der Waals surface area contributed by atoms with Gasteiger partial charge >= 0.3 is 0 Å². The number of rotatable bonds is 2. The van der Waals surface area contributed by atoms with Crippen molar-refractivity contribution < 1.29 is 13.9 Å². The molecule has 0 saturated carbocycles. The van der Waals surface area contributed by atoms with Crippen molar-refractivity contribution in [2.24, 2.45) is 0 Å². The first-order chi connectivity index (χ1) is 5.59. The normalized spacial score (nSPS) is 12.8. The van der Waals surface area contributed by atoms with Gasteiger partial charge in [-0.1, -0.05) is 11.1 Å². The lowest BCUT2D eigenvalue weighted by molar-refractivity contribution is 0.474. The van der Waals surface area contributed by atoms with Crippen LogP contribution in [-0.4, -0.2) is 13.9 Å². The maximum Gasteiger partial charge on any atom is 0.115 e. The summed E-state index contributed by atoms with van der Waals surface area (Å²) in [5, 5.41) is 9.05. The van der Waals surface area contributed by atoms with Crippen molar-refractivity contribution in [2.45, 2.75) is 5.75 Å². The van der Waals surface area contributed by atoms with Crippen LogP contribution in [-0.2, 0) is 16.8 Å². The van der Waals surface area contributed by atoms with E-state index in [9.17, 15) is 8.76 Å². The highest BCUT2D eigenvalue weighted by Gasteiger charge is 2.00. The Bertz CT molecular complexity index is 314. The molecule has 0 heterocycles. The van der Waals surface area contributed by atoms with Crippen molar-refractivity contribution in [3.63, 3.8) is 0 Å². The van der Waals surface area contributed by atoms with Gasteiger partial charge in [-0.2, -0.15) is 0 Å². The molecule has 1 aromatic rings. The summed E-state index contributed by atoms with van der Waals surface area (Å²) in [6, 6.07) is 4.66. The van der Waals surface area contributed by atoms with Gasteiger partial charge in [-0.05, 0) is 46.4 Å². The molecule has 0 bridgehead atoms. The Morgan fingerprint density at radius 2 is 2.25 bits per heavy atom. The molecule has 1 rings (SSSR count). The number of halogens is 1. The summed E-state index contributed by atoms with van der Waals surface area (Å²) in [7, 11) is 0. The third-order valence-corrected chi connectivity index (χ3v) is 2.90. The van der Waals surface area contributed by atoms with Crippen LogP contribution in [0.25, 0.3) is 0 Å². The monoisotopic (exact) mass is 297 g/mol. The first-order valence-corrected chi connectivity index (χ1v) is 5.45. The van der Waals surface area contributed by atoms with Gasteiger partial charge in [0.25, 0.3) is 0 Å². The summed E-state index contributed by atoms with van der Waals surface area (Å²) in [6.07, 6.45) is 0. The number of aromatic hydroxyl groups is 1. The van der Waals surface area contributed by atoms with E-state index in [1.54, 1.807) is 6.07 Å². The van der Waals surface area contributed by atoms with Crippen LogP contribution < -0.4 is 0 Å². The topological polar surface area (TPSA) is 60.4 Å². The van der Waals surface area contributed by atoms with Crippen molar-refractivity contribution in [1.82, 2.24) is 0 Å². The molecule has 0 aliphatic rings. The van der Waals surface area contributed by atoms with E-state index in [0.717, 1.165) is 3.57 Å². The van der Waals surface area contributed by atoms with E-state index in [1.165, 1.54) is 12.1 Å². The molecule has 0 aliphatic carbocycles. The Hall–Kier alpha value is -0.140. The highest BCUT2D eigenvalue weighted by Crippen LogP contribution is 2.19. The lowest BCUT2D eigenvalue weighted by Crippen LogP contribution is -1.95. The highest BCUT2D eigenvalue weighted by molar-refractivity contribution is 14.1. The fourth-order valence-electron chi connectivity index (χ4n) is 0.799. The number of benzene rings is 1. The second-order valence-corrected chi connectivity index (χ2v) is 4.28. The maximum atomic E-state index is 10.3. The smallest absolute Gasteiger partial charge is 0.115 e. The third kappa shape index (κ3) is 2.72. The molecule has 3 nitrogen and oxygen atoms in total. The molecule has 0 fully saturated rings. The number of hydrogen-bond donors (Lipinski definition) is 1. The summed E-state index contributed by atoms with van der Waals surface area (Å²) in [5.74, 6) is 0.0445. The summed E-state index contributed by atoms with van der Waals surface area (Å²) in [5.41, 5.74) is 0.629. The minimum Gasteiger partial charge on any atom is -0.772 e. The van der Waals surface area contributed by atoms with Crippen LogP contribution in [0.2, 0.25) is 0 Å². The minimum absolute atomic E-state index is 0.0489. The van der Waals surface area contributed by atoms with Gasteiger partial charge in [0, 0.05) is 9.32 Å². The van der Waals surface area contributed by atoms with Gasteiger partial charge in [0.15, 0.2) is 0 Å². The molecule has 1 unspecified atom stereocenters. The van der Waals surface area contributed by atoms with Gasteiger partial charge in [-0.3, -0.25) is 4.21 Å². The van der Waals surface area contributed by atoms with Gasteiger partial charge in [0.1, 0.15) is 5.75 Å². The molecule has 66 valence electrons. The minimum atomic E-state index is -2.10. The third-order valence-electron chi connectivity index (χ3n) is 1.30. The molecule has 0 amide bonds. The molecule has 5 heteroatoms. The zero-order chi connectivity index (χ0) is 9.14. The van der Waals surface area contributed by atoms with Crippen molar-refractivity contribution >= 4 is 33.7 Å². The Balaban J connectivity index is 2.97. The molecule has 0 spiro atoms. The zero-order valence-electron chi connectivity index (χ0n) is 5.99. The van der Waals surface area contributed by atoms with E-state index in [2.05, 4.69) is 0 Å². The predicted octanol–water partition coefficient (Wildman–Crippen LogP) is 1.38. The molecule has 1 atom stereocenters. The molecule has 1 aromatic carbocycles. The van der Waals surface area contributed by atoms with Gasteiger partial charge in [-0.15, -0.1) is 0 Å². The maximum absolute atomic E-state index is 10.3. The van der Waals surface area contributed by atoms with Crippen molar-refractivity contribution in [3.8, 4) is 5.75 Å². The summed E-state index contributed by atoms with van der Waals surface area (Å²) < 4.78 is 21.5. The van der Waals surface area contributed by atoms with E-state index < -0.39 is 11.1 Å². The zero-order valence-corrected chi connectivity index (χ0v) is 8.96. The molecule has 12 heavy (non-hydrogen) atoms. The Morgan fingerprint density at radius 3 is 2.83 bits per heavy atom. The van der Waals surface area contributed by atoms with Crippen molar-refractivity contribution in [3.05, 3.63) is 27.3 Å². The van der Waals surface area contributed by atoms with Crippen LogP contribution in [0, 0.1) is 3.57 Å². The molecular weight excluding hydrogens is 291 g/mol. The van der Waals surface area contributed by atoms with Crippen LogP contribution in [0.5, 0.6) is 5.75 Å². The SMILES string of the molecule is O=S([O-])Cc1cc(O)ccc1I. The van der Waals surface area contributed by atoms with Crippen LogP contribution >= 0.6 is 22.6 Å². The average Bonchev–Trinajstić information content (AvgIpc) is 1.96. The summed E-state index contributed by atoms with van der Waals surface area (Å²) in [4.78, 5) is 0. The standard InChI is InChI=1S/C7H7IO3S/c8-7-2-1-6(9)3-5(7)4-12(10)11/h1-3,9H,4H2,(H,10,11)/p-1. The van der Waals surface area contributed by atoms with Crippen LogP contribution in [0.4, 0.5) is 0 Å². The van der Waals surface area contributed by atoms with E-state index in [-0.39, 0.29) is 11.5 Å². The van der Waals surface area contributed by atoms with Gasteiger partial charge in [-0.25, -0.2) is 0 Å². The van der Waals surface area contributed by atoms with Crippen LogP contribution in [0.1, 0.15) is 5.56 Å². The number of phenolic OH excluding ortho intramolecular Hbond substituents is 1. The highest BCUT2D eigenvalue weighted by atomic mass is 127. The fraction of sp³-hybridized carbons (Fsp3) is 0.143. The predicted molar refractivity (Wildman–Crippen MR) is 53.4 cm³/mol. The number of phenols is 1. The Labute approximate surface area is 86.2 Å². The van der Waals surface area contributed by atoms with E-state index in [1.807, 2.05) is 22.6 Å². The van der Waals surface area contributed by atoms with Gasteiger partial charge < -0.3 is 9.66 Å². The largest absolute Gasteiger partial charge is 0.772 e. The molecule has 1 N–H and O–H groups in total. The number of hydrogen-bond acceptors (Lipinski definition) is 3. The molecule has 0 saturated heterocycles. The van der Waals surface area contributed by atoms with Crippen LogP contribution in [0.15, 0.2) is 18.2 Å². The second kappa shape index (κ2) is 4.20. The van der Waals surface area contributed by atoms with E-state index >= 15 is 0 Å². The quantitative estimate of drug-likeness (QED) is 0.662. The summed E-state index contributed by atoms with van der Waals surface area (Å²) in [6.45, 7) is 0. The van der Waals surface area contributed by atoms with Gasteiger partial charge in [0.05, 0.1) is 0 Å². The molecule has 0 radical (unpaired) electrons. The van der Waals surface area contributed by atoms with Crippen molar-refractivity contribution in [1.29, 1.82) is 0 Å². The lowest BCUT2D eigenvalue weighted by atomic mass is 10.2. The molecule has 0 aromatic heterocycles. The summed E-state index contributed by atoms with van der Waals surface area (Å²) >= 11 is -0.0751. The van der Waals surface area contributed by atoms with E-state index in [0.29, 0.717) is 5.56 Å². The first kappa shape index (κ1) is 9.94. The van der Waals surface area contributed by atoms with Gasteiger partial charge in [0.2, 0.25) is 0 Å². The Kier molecular flexibility index (Phi) is 3.48. The van der Waals surface area contributed by atoms with Crippen LogP contribution in [0.3, 0.4) is 0 Å². The lowest BCUT2D eigenvalue weighted by Gasteiger charge is -2.07. The first-order valence-electron chi connectivity index (χ1n) is 3.13. The second-order valence-electron chi connectivity index (χ2n) is 2.22.